The summed E-state index contributed by atoms with van der Waals surface area (Å²) in [6, 6.07) is 4.16. The molecule has 19 heavy (non-hydrogen) atoms. The molecular weight excluding hydrogens is 258 g/mol. The Balaban J connectivity index is 1.55. The van der Waals surface area contributed by atoms with Crippen LogP contribution >= 0.6 is 11.3 Å². The van der Waals surface area contributed by atoms with Gasteiger partial charge in [-0.2, -0.15) is 5.10 Å². The number of nitrogens with zero attached hydrogens (tertiary/aromatic N) is 2. The van der Waals surface area contributed by atoms with Crippen molar-refractivity contribution in [3.8, 4) is 10.6 Å². The van der Waals surface area contributed by atoms with Crippen LogP contribution in [-0.4, -0.2) is 26.7 Å². The number of H-pyrrole nitrogens is 2. The highest BCUT2D eigenvalue weighted by molar-refractivity contribution is 7.13. The zero-order valence-electron chi connectivity index (χ0n) is 10.4. The molecule has 0 saturated heterocycles. The molecule has 98 valence electrons. The van der Waals surface area contributed by atoms with Crippen LogP contribution in [0.1, 0.15) is 11.3 Å². The summed E-state index contributed by atoms with van der Waals surface area (Å²) >= 11 is 1.72. The van der Waals surface area contributed by atoms with Crippen molar-refractivity contribution in [2.45, 2.75) is 13.0 Å². The number of aromatic amines is 2. The number of aromatic nitrogens is 4. The fraction of sp³-hybridized carbons (Fsp3) is 0.231. The molecule has 0 aliphatic rings. The molecule has 3 rings (SSSR count). The largest absolute Gasteiger partial charge is 0.348 e. The van der Waals surface area contributed by atoms with E-state index >= 15 is 0 Å². The Morgan fingerprint density at radius 3 is 3.11 bits per heavy atom. The Hall–Kier alpha value is -1.92. The molecule has 0 radical (unpaired) electrons. The van der Waals surface area contributed by atoms with E-state index in [-0.39, 0.29) is 0 Å². The van der Waals surface area contributed by atoms with E-state index < -0.39 is 0 Å². The molecule has 0 amide bonds. The molecule has 0 unspecified atom stereocenters. The minimum atomic E-state index is 0.817. The zero-order valence-corrected chi connectivity index (χ0v) is 11.2. The molecule has 0 spiro atoms. The van der Waals surface area contributed by atoms with Gasteiger partial charge in [-0.15, -0.1) is 11.3 Å². The van der Waals surface area contributed by atoms with Crippen LogP contribution in [-0.2, 0) is 13.0 Å². The number of rotatable bonds is 6. The van der Waals surface area contributed by atoms with Gasteiger partial charge in [0.1, 0.15) is 0 Å². The second-order valence-electron chi connectivity index (χ2n) is 4.25. The van der Waals surface area contributed by atoms with E-state index in [0.29, 0.717) is 0 Å². The summed E-state index contributed by atoms with van der Waals surface area (Å²) < 4.78 is 0. The van der Waals surface area contributed by atoms with Crippen LogP contribution in [0.15, 0.2) is 36.2 Å². The van der Waals surface area contributed by atoms with Gasteiger partial charge in [-0.25, -0.2) is 4.98 Å². The molecule has 0 aliphatic carbocycles. The fourth-order valence-corrected chi connectivity index (χ4v) is 2.70. The van der Waals surface area contributed by atoms with Crippen LogP contribution in [0.4, 0.5) is 0 Å². The zero-order chi connectivity index (χ0) is 12.9. The van der Waals surface area contributed by atoms with E-state index in [2.05, 4.69) is 43.0 Å². The van der Waals surface area contributed by atoms with Crippen LogP contribution in [0.5, 0.6) is 0 Å². The summed E-state index contributed by atoms with van der Waals surface area (Å²) in [6.07, 6.45) is 6.40. The lowest BCUT2D eigenvalue weighted by atomic mass is 10.2. The smallest absolute Gasteiger partial charge is 0.0921 e. The second-order valence-corrected chi connectivity index (χ2v) is 5.20. The number of nitrogens with one attached hydrogen (secondary N) is 3. The molecule has 5 nitrogen and oxygen atoms in total. The third-order valence-electron chi connectivity index (χ3n) is 2.93. The van der Waals surface area contributed by atoms with Crippen molar-refractivity contribution in [2.75, 3.05) is 6.54 Å². The molecule has 0 saturated carbocycles. The lowest BCUT2D eigenvalue weighted by Gasteiger charge is -2.03. The molecule has 0 aromatic carbocycles. The van der Waals surface area contributed by atoms with Gasteiger partial charge in [0.25, 0.3) is 0 Å². The average Bonchev–Trinajstić information content (AvgIpc) is 3.15. The molecule has 0 bridgehead atoms. The average molecular weight is 273 g/mol. The lowest BCUT2D eigenvalue weighted by molar-refractivity contribution is 0.682. The van der Waals surface area contributed by atoms with Crippen molar-refractivity contribution >= 4 is 11.3 Å². The maximum Gasteiger partial charge on any atom is 0.0921 e. The van der Waals surface area contributed by atoms with Crippen molar-refractivity contribution in [1.29, 1.82) is 0 Å². The summed E-state index contributed by atoms with van der Waals surface area (Å²) in [5, 5.41) is 12.7. The third-order valence-corrected chi connectivity index (χ3v) is 3.81. The van der Waals surface area contributed by atoms with Gasteiger partial charge < -0.3 is 10.3 Å². The molecule has 3 N–H and O–H groups in total. The highest BCUT2D eigenvalue weighted by atomic mass is 32.1. The molecule has 0 fully saturated rings. The normalized spacial score (nSPS) is 10.9. The maximum absolute atomic E-state index is 4.13. The second kappa shape index (κ2) is 5.81. The molecule has 0 atom stereocenters. The standard InChI is InChI=1S/C13H15N5S/c1-2-12(19-5-1)13-10(7-17-18-13)6-14-4-3-11-8-15-9-16-11/h1-2,5,7-9,14H,3-4,6H2,(H,15,16)(H,17,18). The highest BCUT2D eigenvalue weighted by Crippen LogP contribution is 2.25. The summed E-state index contributed by atoms with van der Waals surface area (Å²) in [5.41, 5.74) is 3.47. The van der Waals surface area contributed by atoms with Crippen molar-refractivity contribution in [2.24, 2.45) is 0 Å². The first kappa shape index (κ1) is 12.1. The SMILES string of the molecule is c1csc(-c2[nH]ncc2CNCCc2cnc[nH]2)c1. The first-order valence-corrected chi connectivity index (χ1v) is 7.05. The first-order valence-electron chi connectivity index (χ1n) is 6.17. The van der Waals surface area contributed by atoms with Crippen LogP contribution in [0.2, 0.25) is 0 Å². The minimum absolute atomic E-state index is 0.817. The van der Waals surface area contributed by atoms with Crippen molar-refractivity contribution in [3.05, 3.63) is 47.5 Å². The Morgan fingerprint density at radius 1 is 1.32 bits per heavy atom. The van der Waals surface area contributed by atoms with Gasteiger partial charge in [0.15, 0.2) is 0 Å². The number of hydrogen-bond donors (Lipinski definition) is 3. The molecule has 3 heterocycles. The maximum atomic E-state index is 4.13. The van der Waals surface area contributed by atoms with Gasteiger partial charge in [0, 0.05) is 37.0 Å². The molecule has 0 aliphatic heterocycles. The topological polar surface area (TPSA) is 69.4 Å². The summed E-state index contributed by atoms with van der Waals surface area (Å²) in [6.45, 7) is 1.73. The van der Waals surface area contributed by atoms with Crippen LogP contribution < -0.4 is 5.32 Å². The predicted octanol–water partition coefficient (Wildman–Crippen LogP) is 2.19. The highest BCUT2D eigenvalue weighted by Gasteiger charge is 2.07. The Kier molecular flexibility index (Phi) is 3.71. The van der Waals surface area contributed by atoms with E-state index in [1.165, 1.54) is 10.4 Å². The van der Waals surface area contributed by atoms with Crippen molar-refractivity contribution < 1.29 is 0 Å². The minimum Gasteiger partial charge on any atom is -0.348 e. The van der Waals surface area contributed by atoms with Crippen LogP contribution in [0, 0.1) is 0 Å². The van der Waals surface area contributed by atoms with E-state index in [4.69, 9.17) is 0 Å². The van der Waals surface area contributed by atoms with Gasteiger partial charge in [-0.3, -0.25) is 5.10 Å². The molecule has 3 aromatic heterocycles. The quantitative estimate of drug-likeness (QED) is 0.603. The molecule has 3 aromatic rings. The van der Waals surface area contributed by atoms with E-state index in [0.717, 1.165) is 30.9 Å². The molecular formula is C13H15N5S. The number of imidazole rings is 1. The summed E-state index contributed by atoms with van der Waals surface area (Å²) in [5.74, 6) is 0. The fourth-order valence-electron chi connectivity index (χ4n) is 1.95. The van der Waals surface area contributed by atoms with Gasteiger partial charge in [-0.05, 0) is 11.4 Å². The molecule has 6 heteroatoms. The lowest BCUT2D eigenvalue weighted by Crippen LogP contribution is -2.16. The Morgan fingerprint density at radius 2 is 2.32 bits per heavy atom. The van der Waals surface area contributed by atoms with E-state index in [1.54, 1.807) is 17.7 Å². The van der Waals surface area contributed by atoms with Gasteiger partial charge in [-0.1, -0.05) is 6.07 Å². The third kappa shape index (κ3) is 2.91. The van der Waals surface area contributed by atoms with Gasteiger partial charge >= 0.3 is 0 Å². The van der Waals surface area contributed by atoms with Gasteiger partial charge in [0.05, 0.1) is 23.1 Å². The Bertz CT molecular complexity index is 597. The number of thiophene rings is 1. The van der Waals surface area contributed by atoms with Crippen LogP contribution in [0.25, 0.3) is 10.6 Å². The van der Waals surface area contributed by atoms with E-state index in [9.17, 15) is 0 Å². The van der Waals surface area contributed by atoms with Crippen LogP contribution in [0.3, 0.4) is 0 Å². The summed E-state index contributed by atoms with van der Waals surface area (Å²) in [7, 11) is 0. The van der Waals surface area contributed by atoms with Gasteiger partial charge in [0.2, 0.25) is 0 Å². The monoisotopic (exact) mass is 273 g/mol. The van der Waals surface area contributed by atoms with E-state index in [1.807, 2.05) is 12.4 Å². The number of hydrogen-bond acceptors (Lipinski definition) is 4. The predicted molar refractivity (Wildman–Crippen MR) is 75.9 cm³/mol. The Labute approximate surface area is 115 Å². The van der Waals surface area contributed by atoms with Crippen molar-refractivity contribution in [3.63, 3.8) is 0 Å². The first-order chi connectivity index (χ1) is 9.43. The summed E-state index contributed by atoms with van der Waals surface area (Å²) in [4.78, 5) is 8.32. The van der Waals surface area contributed by atoms with Crippen molar-refractivity contribution in [1.82, 2.24) is 25.5 Å².